The van der Waals surface area contributed by atoms with E-state index in [1.165, 1.54) is 13.0 Å². The lowest BCUT2D eigenvalue weighted by Gasteiger charge is -2.42. The van der Waals surface area contributed by atoms with Gasteiger partial charge in [-0.2, -0.15) is 4.98 Å². The highest BCUT2D eigenvalue weighted by molar-refractivity contribution is 5.94. The van der Waals surface area contributed by atoms with Crippen LogP contribution in [0, 0.1) is 12.7 Å². The number of amidine groups is 1. The molecule has 3 rings (SSSR count). The van der Waals surface area contributed by atoms with E-state index < -0.39 is 46.6 Å². The van der Waals surface area contributed by atoms with Crippen molar-refractivity contribution < 1.29 is 26.9 Å². The highest BCUT2D eigenvalue weighted by Gasteiger charge is 2.60. The molecule has 0 bridgehead atoms. The van der Waals surface area contributed by atoms with Gasteiger partial charge in [-0.05, 0) is 31.5 Å². The zero-order valence-electron chi connectivity index (χ0n) is 15.4. The van der Waals surface area contributed by atoms with Crippen molar-refractivity contribution in [2.24, 2.45) is 10.7 Å². The first-order valence-corrected chi connectivity index (χ1v) is 8.41. The molecular formula is C18H18F4N4O2. The molecule has 0 aliphatic carbocycles. The Morgan fingerprint density at radius 2 is 1.96 bits per heavy atom. The molecule has 0 radical (unpaired) electrons. The number of aliphatic imine (C=N–C) groups is 1. The summed E-state index contributed by atoms with van der Waals surface area (Å²) in [5.74, 6) is -5.83. The number of hydrogen-bond acceptors (Lipinski definition) is 6. The quantitative estimate of drug-likeness (QED) is 0.630. The van der Waals surface area contributed by atoms with Crippen LogP contribution in [0.3, 0.4) is 0 Å². The van der Waals surface area contributed by atoms with Gasteiger partial charge in [-0.1, -0.05) is 11.2 Å². The molecule has 28 heavy (non-hydrogen) atoms. The van der Waals surface area contributed by atoms with Crippen LogP contribution in [-0.2, 0) is 12.0 Å². The van der Waals surface area contributed by atoms with Crippen molar-refractivity contribution in [2.45, 2.75) is 50.7 Å². The second kappa shape index (κ2) is 6.39. The molecule has 0 saturated carbocycles. The minimum Gasteiger partial charge on any atom is -0.385 e. The lowest BCUT2D eigenvalue weighted by molar-refractivity contribution is -0.106. The average Bonchev–Trinajstić information content (AvgIpc) is 3.01. The summed E-state index contributed by atoms with van der Waals surface area (Å²) in [4.78, 5) is 19.7. The number of hydrogen-bond donors (Lipinski definition) is 1. The van der Waals surface area contributed by atoms with Crippen LogP contribution in [0.2, 0.25) is 0 Å². The maximum atomic E-state index is 14.8. The first kappa shape index (κ1) is 20.0. The summed E-state index contributed by atoms with van der Waals surface area (Å²) < 4.78 is 63.0. The van der Waals surface area contributed by atoms with Gasteiger partial charge in [0.25, 0.3) is 5.92 Å². The molecule has 0 spiro atoms. The van der Waals surface area contributed by atoms with Crippen LogP contribution in [0.1, 0.15) is 47.9 Å². The minimum absolute atomic E-state index is 0.173. The number of carbonyl (C=O) groups is 1. The van der Waals surface area contributed by atoms with Crippen LogP contribution in [-0.4, -0.2) is 33.4 Å². The predicted molar refractivity (Wildman–Crippen MR) is 91.5 cm³/mol. The summed E-state index contributed by atoms with van der Waals surface area (Å²) in [6.07, 6.45) is -1.51. The fourth-order valence-electron chi connectivity index (χ4n) is 3.11. The normalized spacial score (nSPS) is 26.8. The fourth-order valence-corrected chi connectivity index (χ4v) is 3.11. The molecule has 2 heterocycles. The maximum absolute atomic E-state index is 14.8. The van der Waals surface area contributed by atoms with Crippen LogP contribution in [0.25, 0.3) is 0 Å². The number of rotatable bonds is 4. The Hall–Kier alpha value is -2.78. The van der Waals surface area contributed by atoms with E-state index in [1.807, 2.05) is 0 Å². The first-order chi connectivity index (χ1) is 12.9. The molecular weight excluding hydrogens is 380 g/mol. The summed E-state index contributed by atoms with van der Waals surface area (Å²) in [6.45, 7) is 3.39. The highest BCUT2D eigenvalue weighted by Crippen LogP contribution is 2.50. The number of halogens is 4. The zero-order valence-corrected chi connectivity index (χ0v) is 15.4. The molecule has 1 aliphatic rings. The van der Waals surface area contributed by atoms with Crippen molar-refractivity contribution in [2.75, 3.05) is 0 Å². The second-order valence-corrected chi connectivity index (χ2v) is 7.20. The maximum Gasteiger partial charge on any atom is 0.280 e. The third kappa shape index (κ3) is 3.27. The van der Waals surface area contributed by atoms with Gasteiger partial charge in [-0.3, -0.25) is 9.79 Å². The molecule has 1 aromatic carbocycles. The summed E-state index contributed by atoms with van der Waals surface area (Å²) in [7, 11) is 0. The van der Waals surface area contributed by atoms with E-state index in [4.69, 9.17) is 10.3 Å². The van der Waals surface area contributed by atoms with Crippen LogP contribution in [0.5, 0.6) is 0 Å². The number of alkyl halides is 3. The van der Waals surface area contributed by atoms with Crippen LogP contribution in [0.4, 0.5) is 17.6 Å². The number of benzene rings is 1. The van der Waals surface area contributed by atoms with Crippen LogP contribution < -0.4 is 5.73 Å². The molecule has 0 unspecified atom stereocenters. The van der Waals surface area contributed by atoms with E-state index in [-0.39, 0.29) is 23.7 Å². The van der Waals surface area contributed by atoms with Gasteiger partial charge in [0, 0.05) is 18.9 Å². The molecule has 0 fully saturated rings. The van der Waals surface area contributed by atoms with E-state index in [2.05, 4.69) is 15.1 Å². The minimum atomic E-state index is -3.71. The fraction of sp³-hybridized carbons (Fsp3) is 0.444. The Balaban J connectivity index is 2.01. The topological polar surface area (TPSA) is 94.4 Å². The first-order valence-electron chi connectivity index (χ1n) is 8.41. The third-order valence-electron chi connectivity index (χ3n) is 4.84. The summed E-state index contributed by atoms with van der Waals surface area (Å²) in [5, 5.41) is 3.49. The molecule has 2 atom stereocenters. The molecule has 6 nitrogen and oxygen atoms in total. The van der Waals surface area contributed by atoms with Gasteiger partial charge >= 0.3 is 0 Å². The average molecular weight is 398 g/mol. The lowest BCUT2D eigenvalue weighted by atomic mass is 9.77. The number of carbonyl (C=O) groups excluding carboxylic acids is 1. The van der Waals surface area contributed by atoms with Gasteiger partial charge in [0.1, 0.15) is 11.7 Å². The van der Waals surface area contributed by atoms with E-state index in [9.17, 15) is 22.4 Å². The highest BCUT2D eigenvalue weighted by atomic mass is 19.3. The van der Waals surface area contributed by atoms with Crippen molar-refractivity contribution in [3.8, 4) is 0 Å². The molecule has 10 heteroatoms. The number of ketones is 1. The van der Waals surface area contributed by atoms with Crippen molar-refractivity contribution in [3.63, 3.8) is 0 Å². The Bertz CT molecular complexity index is 970. The summed E-state index contributed by atoms with van der Waals surface area (Å²) >= 11 is 0. The number of aromatic nitrogens is 2. The van der Waals surface area contributed by atoms with E-state index in [1.54, 1.807) is 0 Å². The van der Waals surface area contributed by atoms with Gasteiger partial charge in [0.05, 0.1) is 6.42 Å². The Labute approximate surface area is 157 Å². The van der Waals surface area contributed by atoms with Gasteiger partial charge in [-0.25, -0.2) is 17.6 Å². The molecule has 1 aromatic heterocycles. The Morgan fingerprint density at radius 3 is 2.57 bits per heavy atom. The smallest absolute Gasteiger partial charge is 0.280 e. The van der Waals surface area contributed by atoms with Crippen molar-refractivity contribution in [1.82, 2.24) is 10.1 Å². The standard InChI is InChI=1S/C18H18F4N4O2/c1-9-24-14(26-28-9)13(27)7-10-4-5-12(19)11(6-10)17(3)18(21,22)8-16(2,20)15(23)25-17/h4-6H,7-8H2,1-3H3,(H2,23,25)/t16-,17-/m1/s1. The van der Waals surface area contributed by atoms with E-state index in [0.717, 1.165) is 26.0 Å². The summed E-state index contributed by atoms with van der Waals surface area (Å²) in [6, 6.07) is 3.34. The van der Waals surface area contributed by atoms with Crippen molar-refractivity contribution in [3.05, 3.63) is 46.9 Å². The Kier molecular flexibility index (Phi) is 4.55. The van der Waals surface area contributed by atoms with Crippen molar-refractivity contribution in [1.29, 1.82) is 0 Å². The van der Waals surface area contributed by atoms with Gasteiger partial charge < -0.3 is 10.3 Å². The lowest BCUT2D eigenvalue weighted by Crippen LogP contribution is -2.56. The zero-order chi connectivity index (χ0) is 20.9. The summed E-state index contributed by atoms with van der Waals surface area (Å²) in [5.41, 5.74) is 0.358. The third-order valence-corrected chi connectivity index (χ3v) is 4.84. The number of nitrogens with zero attached hydrogens (tertiary/aromatic N) is 3. The molecule has 2 aromatic rings. The molecule has 1 aliphatic heterocycles. The van der Waals surface area contributed by atoms with Crippen LogP contribution >= 0.6 is 0 Å². The molecule has 150 valence electrons. The van der Waals surface area contributed by atoms with Gasteiger partial charge in [-0.15, -0.1) is 0 Å². The van der Waals surface area contributed by atoms with E-state index in [0.29, 0.717) is 0 Å². The number of aryl methyl sites for hydroxylation is 1. The number of Topliss-reactive ketones (excluding diaryl/α,β-unsaturated/α-hetero) is 1. The Morgan fingerprint density at radius 1 is 1.29 bits per heavy atom. The molecule has 0 amide bonds. The van der Waals surface area contributed by atoms with Gasteiger partial charge in [0.2, 0.25) is 17.5 Å². The van der Waals surface area contributed by atoms with Crippen molar-refractivity contribution >= 4 is 11.6 Å². The van der Waals surface area contributed by atoms with Gasteiger partial charge in [0.15, 0.2) is 11.2 Å². The molecule has 2 N–H and O–H groups in total. The largest absolute Gasteiger partial charge is 0.385 e. The molecule has 0 saturated heterocycles. The van der Waals surface area contributed by atoms with Crippen LogP contribution in [0.15, 0.2) is 27.7 Å². The predicted octanol–water partition coefficient (Wildman–Crippen LogP) is 3.28. The number of nitrogens with two attached hydrogens (primary N) is 1. The monoisotopic (exact) mass is 398 g/mol. The second-order valence-electron chi connectivity index (χ2n) is 7.20. The SMILES string of the molecule is Cc1nc(C(=O)Cc2ccc(F)c([C@@]3(C)N=C(N)[C@](C)(F)CC3(F)F)c2)no1. The van der Waals surface area contributed by atoms with E-state index >= 15 is 0 Å².